The number of amides is 1. The second-order valence-electron chi connectivity index (χ2n) is 8.59. The molecule has 0 bridgehead atoms. The van der Waals surface area contributed by atoms with Crippen LogP contribution < -0.4 is 10.2 Å². The van der Waals surface area contributed by atoms with Crippen LogP contribution >= 0.6 is 34.5 Å². The number of aliphatic carboxylic acids is 1. The molecule has 6 nitrogen and oxygen atoms in total. The SMILES string of the molecule is CC1CCN(c2nc(C(=O)NCCc3ccc(Cl)c(Cl)c3)c(C(C)C)s2)CC1.O=C(O)C(F)(F)F. The van der Waals surface area contributed by atoms with Crippen LogP contribution in [0.25, 0.3) is 0 Å². The zero-order valence-corrected chi connectivity index (χ0v) is 21.9. The van der Waals surface area contributed by atoms with Crippen molar-refractivity contribution in [2.24, 2.45) is 5.92 Å². The summed E-state index contributed by atoms with van der Waals surface area (Å²) >= 11 is 13.7. The summed E-state index contributed by atoms with van der Waals surface area (Å²) in [5.41, 5.74) is 1.61. The van der Waals surface area contributed by atoms with Gasteiger partial charge in [-0.25, -0.2) is 9.78 Å². The smallest absolute Gasteiger partial charge is 0.475 e. The number of aromatic nitrogens is 1. The molecule has 0 radical (unpaired) electrons. The highest BCUT2D eigenvalue weighted by Crippen LogP contribution is 2.34. The lowest BCUT2D eigenvalue weighted by molar-refractivity contribution is -0.192. The van der Waals surface area contributed by atoms with Crippen LogP contribution in [0, 0.1) is 5.92 Å². The summed E-state index contributed by atoms with van der Waals surface area (Å²) in [5.74, 6) is -1.82. The molecule has 0 unspecified atom stereocenters. The van der Waals surface area contributed by atoms with Crippen LogP contribution in [0.4, 0.5) is 18.3 Å². The summed E-state index contributed by atoms with van der Waals surface area (Å²) in [7, 11) is 0. The minimum Gasteiger partial charge on any atom is -0.475 e. The average molecular weight is 554 g/mol. The Hall–Kier alpha value is -2.04. The fourth-order valence-corrected chi connectivity index (χ4v) is 4.75. The van der Waals surface area contributed by atoms with Crippen molar-refractivity contribution in [3.8, 4) is 0 Å². The van der Waals surface area contributed by atoms with E-state index < -0.39 is 12.1 Å². The van der Waals surface area contributed by atoms with Gasteiger partial charge in [0.15, 0.2) is 5.13 Å². The van der Waals surface area contributed by atoms with Crippen molar-refractivity contribution in [3.63, 3.8) is 0 Å². The summed E-state index contributed by atoms with van der Waals surface area (Å²) in [6.07, 6.45) is -2.02. The van der Waals surface area contributed by atoms with Gasteiger partial charge in [0.1, 0.15) is 5.69 Å². The first-order valence-corrected chi connectivity index (χ1v) is 12.6. The van der Waals surface area contributed by atoms with E-state index in [0.29, 0.717) is 28.7 Å². The fraction of sp³-hybridized carbons (Fsp3) is 0.522. The van der Waals surface area contributed by atoms with Crippen molar-refractivity contribution in [3.05, 3.63) is 44.4 Å². The van der Waals surface area contributed by atoms with Crippen molar-refractivity contribution in [2.45, 2.75) is 52.1 Å². The molecule has 0 saturated carbocycles. The topological polar surface area (TPSA) is 82.5 Å². The molecule has 1 aliphatic rings. The summed E-state index contributed by atoms with van der Waals surface area (Å²) in [5, 5.41) is 12.2. The van der Waals surface area contributed by atoms with Crippen LogP contribution in [0.2, 0.25) is 10.0 Å². The van der Waals surface area contributed by atoms with Crippen LogP contribution in [-0.2, 0) is 11.2 Å². The first kappa shape index (κ1) is 29.2. The van der Waals surface area contributed by atoms with Crippen molar-refractivity contribution in [2.75, 3.05) is 24.5 Å². The maximum Gasteiger partial charge on any atom is 0.490 e. The Bertz CT molecular complexity index is 1020. The normalized spacial score (nSPS) is 14.5. The Balaban J connectivity index is 0.000000540. The number of benzene rings is 1. The van der Waals surface area contributed by atoms with Gasteiger partial charge in [0.25, 0.3) is 5.91 Å². The Morgan fingerprint density at radius 2 is 1.83 bits per heavy atom. The molecule has 1 aromatic carbocycles. The van der Waals surface area contributed by atoms with Crippen molar-refractivity contribution in [1.82, 2.24) is 10.3 Å². The standard InChI is InChI=1S/C21H27Cl2N3OS.C2HF3O2/c1-13(2)19-18(25-21(28-19)26-10-7-14(3)8-11-26)20(27)24-9-6-15-4-5-16(22)17(23)12-15;3-2(4,5)1(6)7/h4-5,12-14H,6-11H2,1-3H3,(H,24,27);(H,6,7). The quantitative estimate of drug-likeness (QED) is 0.431. The van der Waals surface area contributed by atoms with E-state index in [-0.39, 0.29) is 11.8 Å². The highest BCUT2D eigenvalue weighted by molar-refractivity contribution is 7.16. The molecule has 0 spiro atoms. The van der Waals surface area contributed by atoms with Crippen molar-refractivity contribution in [1.29, 1.82) is 0 Å². The Kier molecular flexibility index (Phi) is 10.7. The van der Waals surface area contributed by atoms with E-state index >= 15 is 0 Å². The third-order valence-corrected chi connectivity index (χ3v) is 7.52. The lowest BCUT2D eigenvalue weighted by Crippen LogP contribution is -2.33. The van der Waals surface area contributed by atoms with E-state index in [2.05, 4.69) is 31.0 Å². The highest BCUT2D eigenvalue weighted by Gasteiger charge is 2.38. The minimum atomic E-state index is -5.08. The Labute approximate surface area is 216 Å². The van der Waals surface area contributed by atoms with Crippen LogP contribution in [-0.4, -0.2) is 47.8 Å². The van der Waals surface area contributed by atoms with Gasteiger partial charge in [-0.3, -0.25) is 4.79 Å². The van der Waals surface area contributed by atoms with Crippen LogP contribution in [0.1, 0.15) is 60.5 Å². The van der Waals surface area contributed by atoms with E-state index in [9.17, 15) is 18.0 Å². The lowest BCUT2D eigenvalue weighted by atomic mass is 10.00. The predicted octanol–water partition coefficient (Wildman–Crippen LogP) is 6.42. The molecule has 0 aliphatic carbocycles. The number of hydrogen-bond donors (Lipinski definition) is 2. The van der Waals surface area contributed by atoms with E-state index in [1.54, 1.807) is 17.4 Å². The number of anilines is 1. The number of carboxylic acids is 1. The third-order valence-electron chi connectivity index (χ3n) is 5.36. The van der Waals surface area contributed by atoms with Gasteiger partial charge in [-0.1, -0.05) is 50.0 Å². The minimum absolute atomic E-state index is 0.100. The van der Waals surface area contributed by atoms with Gasteiger partial charge < -0.3 is 15.3 Å². The molecule has 2 heterocycles. The second-order valence-corrected chi connectivity index (χ2v) is 10.4. The number of rotatable bonds is 6. The molecule has 3 rings (SSSR count). The number of carbonyl (C=O) groups is 2. The van der Waals surface area contributed by atoms with E-state index in [1.807, 2.05) is 12.1 Å². The highest BCUT2D eigenvalue weighted by atomic mass is 35.5. The summed E-state index contributed by atoms with van der Waals surface area (Å²) in [6, 6.07) is 5.55. The first-order valence-electron chi connectivity index (χ1n) is 11.1. The summed E-state index contributed by atoms with van der Waals surface area (Å²) < 4.78 is 31.7. The Morgan fingerprint density at radius 3 is 2.34 bits per heavy atom. The molecule has 0 atom stereocenters. The first-order chi connectivity index (χ1) is 16.3. The molecule has 1 aliphatic heterocycles. The number of piperidine rings is 1. The van der Waals surface area contributed by atoms with Gasteiger partial charge in [0.2, 0.25) is 0 Å². The maximum atomic E-state index is 12.8. The van der Waals surface area contributed by atoms with Crippen molar-refractivity contribution < 1.29 is 27.9 Å². The number of carbonyl (C=O) groups excluding carboxylic acids is 1. The summed E-state index contributed by atoms with van der Waals surface area (Å²) in [4.78, 5) is 29.8. The second kappa shape index (κ2) is 12.8. The third kappa shape index (κ3) is 8.84. The number of hydrogen-bond acceptors (Lipinski definition) is 5. The molecule has 1 saturated heterocycles. The van der Waals surface area contributed by atoms with Gasteiger partial charge >= 0.3 is 12.1 Å². The van der Waals surface area contributed by atoms with Crippen molar-refractivity contribution >= 4 is 51.5 Å². The number of carboxylic acid groups (broad SMARTS) is 1. The monoisotopic (exact) mass is 553 g/mol. The number of nitrogens with one attached hydrogen (secondary N) is 1. The molecule has 2 aromatic rings. The molecule has 194 valence electrons. The van der Waals surface area contributed by atoms with Crippen LogP contribution in [0.3, 0.4) is 0 Å². The largest absolute Gasteiger partial charge is 0.490 e. The molecule has 2 N–H and O–H groups in total. The van der Waals surface area contributed by atoms with E-state index in [1.165, 1.54) is 12.8 Å². The van der Waals surface area contributed by atoms with Gasteiger partial charge in [0.05, 0.1) is 10.0 Å². The molecule has 1 amide bonds. The van der Waals surface area contributed by atoms with Gasteiger partial charge in [0, 0.05) is 24.5 Å². The average Bonchev–Trinajstić information content (AvgIpc) is 3.22. The maximum absolute atomic E-state index is 12.8. The lowest BCUT2D eigenvalue weighted by Gasteiger charge is -2.29. The van der Waals surface area contributed by atoms with Gasteiger partial charge in [-0.2, -0.15) is 13.2 Å². The fourth-order valence-electron chi connectivity index (χ4n) is 3.31. The molecular weight excluding hydrogens is 526 g/mol. The molecule has 12 heteroatoms. The number of alkyl halides is 3. The zero-order chi connectivity index (χ0) is 26.3. The van der Waals surface area contributed by atoms with Crippen LogP contribution in [0.5, 0.6) is 0 Å². The molecule has 1 aromatic heterocycles. The van der Waals surface area contributed by atoms with Gasteiger partial charge in [-0.15, -0.1) is 11.3 Å². The Morgan fingerprint density at radius 1 is 1.23 bits per heavy atom. The molecular formula is C23H28Cl2F3N3O3S. The van der Waals surface area contributed by atoms with Crippen LogP contribution in [0.15, 0.2) is 18.2 Å². The molecule has 35 heavy (non-hydrogen) atoms. The summed E-state index contributed by atoms with van der Waals surface area (Å²) in [6.45, 7) is 9.09. The zero-order valence-electron chi connectivity index (χ0n) is 19.6. The molecule has 1 fully saturated rings. The van der Waals surface area contributed by atoms with Gasteiger partial charge in [-0.05, 0) is 48.8 Å². The number of halogens is 5. The van der Waals surface area contributed by atoms with E-state index in [4.69, 9.17) is 38.1 Å². The number of nitrogens with zero attached hydrogens (tertiary/aromatic N) is 2. The predicted molar refractivity (Wildman–Crippen MR) is 133 cm³/mol. The van der Waals surface area contributed by atoms with E-state index in [0.717, 1.165) is 34.6 Å². The number of thiazole rings is 1.